The predicted octanol–water partition coefficient (Wildman–Crippen LogP) is 2.93. The molecule has 3 rings (SSSR count). The minimum Gasteiger partial charge on any atom is -0.490 e. The van der Waals surface area contributed by atoms with Crippen molar-refractivity contribution in [3.05, 3.63) is 18.2 Å². The first kappa shape index (κ1) is 18.4. The maximum atomic E-state index is 12.6. The number of nitrogens with one attached hydrogen (secondary N) is 1. The summed E-state index contributed by atoms with van der Waals surface area (Å²) in [5.74, 6) is 2.70. The highest BCUT2D eigenvalue weighted by atomic mass is 32.2. The average molecular weight is 365 g/mol. The van der Waals surface area contributed by atoms with Crippen LogP contribution in [0.5, 0.6) is 11.5 Å². The molecule has 1 amide bonds. The first-order chi connectivity index (χ1) is 12.3. The monoisotopic (exact) mass is 364 g/mol. The van der Waals surface area contributed by atoms with E-state index in [2.05, 4.69) is 17.1 Å². The highest BCUT2D eigenvalue weighted by Crippen LogP contribution is 2.34. The van der Waals surface area contributed by atoms with Crippen LogP contribution in [0.15, 0.2) is 23.1 Å². The quantitative estimate of drug-likeness (QED) is 0.754. The summed E-state index contributed by atoms with van der Waals surface area (Å²) in [5.41, 5.74) is 0. The fourth-order valence-electron chi connectivity index (χ4n) is 3.29. The van der Waals surface area contributed by atoms with Crippen LogP contribution in [0.25, 0.3) is 0 Å². The largest absolute Gasteiger partial charge is 0.490 e. The number of benzene rings is 1. The maximum absolute atomic E-state index is 12.6. The fraction of sp³-hybridized carbons (Fsp3) is 0.632. The molecule has 5 nitrogen and oxygen atoms in total. The Morgan fingerprint density at radius 2 is 2.16 bits per heavy atom. The van der Waals surface area contributed by atoms with Crippen LogP contribution in [-0.4, -0.2) is 55.4 Å². The molecule has 1 atom stereocenters. The molecule has 0 spiro atoms. The maximum Gasteiger partial charge on any atom is 0.223 e. The standard InChI is InChI=1S/C19H28N2O3S/c1-2-9-21(15-6-8-20-14-15)19(22)7-12-25-16-4-5-17-18(13-16)24-11-3-10-23-17/h4-5,13,15,20H,2-3,6-12,14H2,1H3. The zero-order chi connectivity index (χ0) is 17.5. The van der Waals surface area contributed by atoms with E-state index >= 15 is 0 Å². The summed E-state index contributed by atoms with van der Waals surface area (Å²) >= 11 is 1.71. The Morgan fingerprint density at radius 3 is 2.92 bits per heavy atom. The molecule has 1 fully saturated rings. The fourth-order valence-corrected chi connectivity index (χ4v) is 4.16. The van der Waals surface area contributed by atoms with Gasteiger partial charge in [-0.05, 0) is 37.6 Å². The average Bonchev–Trinajstić information content (AvgIpc) is 3.04. The Bertz CT molecular complexity index is 576. The van der Waals surface area contributed by atoms with Crippen molar-refractivity contribution in [2.45, 2.75) is 43.5 Å². The van der Waals surface area contributed by atoms with Gasteiger partial charge in [0.15, 0.2) is 11.5 Å². The summed E-state index contributed by atoms with van der Waals surface area (Å²) in [5, 5.41) is 3.36. The van der Waals surface area contributed by atoms with Gasteiger partial charge in [0, 0.05) is 42.6 Å². The van der Waals surface area contributed by atoms with E-state index in [0.717, 1.165) is 61.0 Å². The number of thioether (sulfide) groups is 1. The van der Waals surface area contributed by atoms with Gasteiger partial charge in [-0.3, -0.25) is 4.79 Å². The zero-order valence-electron chi connectivity index (χ0n) is 15.0. The van der Waals surface area contributed by atoms with E-state index < -0.39 is 0 Å². The van der Waals surface area contributed by atoms with Crippen LogP contribution in [0.1, 0.15) is 32.6 Å². The molecule has 2 heterocycles. The molecule has 1 unspecified atom stereocenters. The van der Waals surface area contributed by atoms with Gasteiger partial charge in [-0.15, -0.1) is 11.8 Å². The number of amides is 1. The smallest absolute Gasteiger partial charge is 0.223 e. The van der Waals surface area contributed by atoms with Crippen LogP contribution < -0.4 is 14.8 Å². The predicted molar refractivity (Wildman–Crippen MR) is 101 cm³/mol. The van der Waals surface area contributed by atoms with Crippen molar-refractivity contribution in [2.24, 2.45) is 0 Å². The normalized spacial score (nSPS) is 19.5. The first-order valence-corrected chi connectivity index (χ1v) is 10.3. The molecule has 2 aliphatic rings. The van der Waals surface area contributed by atoms with Crippen LogP contribution in [0, 0.1) is 0 Å². The molecule has 2 aliphatic heterocycles. The number of fused-ring (bicyclic) bond motifs is 1. The second-order valence-corrected chi connectivity index (χ2v) is 7.66. The molecule has 0 aliphatic carbocycles. The van der Waals surface area contributed by atoms with Crippen molar-refractivity contribution in [3.8, 4) is 11.5 Å². The first-order valence-electron chi connectivity index (χ1n) is 9.30. The lowest BCUT2D eigenvalue weighted by Gasteiger charge is -2.28. The van der Waals surface area contributed by atoms with E-state index in [-0.39, 0.29) is 5.91 Å². The topological polar surface area (TPSA) is 50.8 Å². The van der Waals surface area contributed by atoms with Crippen LogP contribution >= 0.6 is 11.8 Å². The number of hydrogen-bond acceptors (Lipinski definition) is 5. The minimum atomic E-state index is 0.275. The van der Waals surface area contributed by atoms with Crippen LogP contribution in [0.2, 0.25) is 0 Å². The molecule has 25 heavy (non-hydrogen) atoms. The van der Waals surface area contributed by atoms with Gasteiger partial charge in [0.25, 0.3) is 0 Å². The van der Waals surface area contributed by atoms with E-state index in [1.54, 1.807) is 11.8 Å². The second-order valence-electron chi connectivity index (χ2n) is 6.49. The summed E-state index contributed by atoms with van der Waals surface area (Å²) < 4.78 is 11.4. The number of nitrogens with zero attached hydrogens (tertiary/aromatic N) is 1. The van der Waals surface area contributed by atoms with Crippen molar-refractivity contribution < 1.29 is 14.3 Å². The lowest BCUT2D eigenvalue weighted by Crippen LogP contribution is -2.42. The summed E-state index contributed by atoms with van der Waals surface area (Å²) in [6.45, 7) is 6.35. The van der Waals surface area contributed by atoms with E-state index in [9.17, 15) is 4.79 Å². The van der Waals surface area contributed by atoms with E-state index in [1.165, 1.54) is 0 Å². The van der Waals surface area contributed by atoms with Gasteiger partial charge in [0.2, 0.25) is 5.91 Å². The van der Waals surface area contributed by atoms with Crippen molar-refractivity contribution >= 4 is 17.7 Å². The Morgan fingerprint density at radius 1 is 1.32 bits per heavy atom. The molecular weight excluding hydrogens is 336 g/mol. The summed E-state index contributed by atoms with van der Waals surface area (Å²) in [6.07, 6.45) is 3.57. The van der Waals surface area contributed by atoms with Crippen LogP contribution in [-0.2, 0) is 4.79 Å². The zero-order valence-corrected chi connectivity index (χ0v) is 15.8. The van der Waals surface area contributed by atoms with E-state index in [1.807, 2.05) is 18.2 Å². The molecule has 0 bridgehead atoms. The number of carbonyl (C=O) groups excluding carboxylic acids is 1. The van der Waals surface area contributed by atoms with Gasteiger partial charge in [0.1, 0.15) is 0 Å². The number of rotatable bonds is 7. The molecule has 1 aromatic carbocycles. The third kappa shape index (κ3) is 5.05. The van der Waals surface area contributed by atoms with Crippen molar-refractivity contribution in [2.75, 3.05) is 38.6 Å². The number of hydrogen-bond donors (Lipinski definition) is 1. The molecule has 0 radical (unpaired) electrons. The van der Waals surface area contributed by atoms with Crippen molar-refractivity contribution in [1.29, 1.82) is 0 Å². The molecule has 138 valence electrons. The Balaban J connectivity index is 1.51. The van der Waals surface area contributed by atoms with Crippen molar-refractivity contribution in [1.82, 2.24) is 10.2 Å². The van der Waals surface area contributed by atoms with Gasteiger partial charge in [-0.1, -0.05) is 6.92 Å². The molecule has 0 saturated carbocycles. The van der Waals surface area contributed by atoms with Gasteiger partial charge in [0.05, 0.1) is 13.2 Å². The molecule has 6 heteroatoms. The van der Waals surface area contributed by atoms with Crippen LogP contribution in [0.4, 0.5) is 0 Å². The third-order valence-electron chi connectivity index (χ3n) is 4.56. The molecular formula is C19H28N2O3S. The lowest BCUT2D eigenvalue weighted by molar-refractivity contribution is -0.132. The molecule has 1 saturated heterocycles. The second kappa shape index (κ2) is 9.34. The van der Waals surface area contributed by atoms with Gasteiger partial charge in [-0.25, -0.2) is 0 Å². The van der Waals surface area contributed by atoms with Gasteiger partial charge < -0.3 is 19.7 Å². The molecule has 0 aromatic heterocycles. The Hall–Kier alpha value is -1.40. The Labute approximate surface area is 154 Å². The summed E-state index contributed by atoms with van der Waals surface area (Å²) in [4.78, 5) is 15.8. The molecule has 1 aromatic rings. The number of carbonyl (C=O) groups is 1. The molecule has 1 N–H and O–H groups in total. The minimum absolute atomic E-state index is 0.275. The lowest BCUT2D eigenvalue weighted by atomic mass is 10.2. The summed E-state index contributed by atoms with van der Waals surface area (Å²) in [6, 6.07) is 6.42. The van der Waals surface area contributed by atoms with E-state index in [4.69, 9.17) is 9.47 Å². The van der Waals surface area contributed by atoms with E-state index in [0.29, 0.717) is 25.7 Å². The highest BCUT2D eigenvalue weighted by Gasteiger charge is 2.25. The third-order valence-corrected chi connectivity index (χ3v) is 5.56. The van der Waals surface area contributed by atoms with Crippen molar-refractivity contribution in [3.63, 3.8) is 0 Å². The van der Waals surface area contributed by atoms with Gasteiger partial charge in [-0.2, -0.15) is 0 Å². The Kier molecular flexibility index (Phi) is 6.87. The highest BCUT2D eigenvalue weighted by molar-refractivity contribution is 7.99. The number of ether oxygens (including phenoxy) is 2. The van der Waals surface area contributed by atoms with Crippen LogP contribution in [0.3, 0.4) is 0 Å². The summed E-state index contributed by atoms with van der Waals surface area (Å²) in [7, 11) is 0. The SMILES string of the molecule is CCCN(C(=O)CCSc1ccc2c(c1)OCCCO2)C1CCNC1. The van der Waals surface area contributed by atoms with Gasteiger partial charge >= 0.3 is 0 Å².